The molecule has 0 bridgehead atoms. The zero-order valence-corrected chi connectivity index (χ0v) is 12.9. The summed E-state index contributed by atoms with van der Waals surface area (Å²) >= 11 is 1.69. The number of carbonyl (C=O) groups excluding carboxylic acids is 1. The molecule has 106 valence electrons. The Hall–Kier alpha value is -1.20. The van der Waals surface area contributed by atoms with Crippen molar-refractivity contribution in [2.24, 2.45) is 0 Å². The Bertz CT molecular complexity index is 433. The lowest BCUT2D eigenvalue weighted by Gasteiger charge is -2.21. The van der Waals surface area contributed by atoms with E-state index in [2.05, 4.69) is 0 Å². The average Bonchev–Trinajstić information content (AvgIpc) is 2.43. The minimum Gasteiger partial charge on any atom is -0.419 e. The summed E-state index contributed by atoms with van der Waals surface area (Å²) in [6, 6.07) is 5.89. The Morgan fingerprint density at radius 2 is 2.16 bits per heavy atom. The molecule has 1 aromatic rings. The first-order valence-corrected chi connectivity index (χ1v) is 7.37. The molecule has 0 radical (unpaired) electrons. The maximum atomic E-state index is 12.0. The molecular weight excluding hydrogens is 262 g/mol. The van der Waals surface area contributed by atoms with Crippen molar-refractivity contribution in [2.75, 3.05) is 25.3 Å². The van der Waals surface area contributed by atoms with Crippen LogP contribution in [0, 0.1) is 6.92 Å². The fourth-order valence-corrected chi connectivity index (χ4v) is 2.25. The van der Waals surface area contributed by atoms with E-state index in [0.717, 1.165) is 11.3 Å². The molecule has 0 saturated heterocycles. The topological polar surface area (TPSA) is 38.8 Å². The van der Waals surface area contributed by atoms with Gasteiger partial charge in [-0.2, -0.15) is 0 Å². The molecule has 1 atom stereocenters. The number of hydrogen-bond donors (Lipinski definition) is 0. The van der Waals surface area contributed by atoms with E-state index in [1.807, 2.05) is 38.3 Å². The van der Waals surface area contributed by atoms with Gasteiger partial charge in [-0.05, 0) is 36.9 Å². The zero-order valence-electron chi connectivity index (χ0n) is 12.1. The highest BCUT2D eigenvalue weighted by Crippen LogP contribution is 2.25. The van der Waals surface area contributed by atoms with Crippen LogP contribution in [0.3, 0.4) is 0 Å². The zero-order chi connectivity index (χ0) is 14.4. The van der Waals surface area contributed by atoms with Crippen molar-refractivity contribution in [3.63, 3.8) is 0 Å². The molecule has 0 aliphatic carbocycles. The van der Waals surface area contributed by atoms with Crippen LogP contribution in [0.15, 0.2) is 23.1 Å². The second kappa shape index (κ2) is 7.40. The Labute approximate surface area is 119 Å². The van der Waals surface area contributed by atoms with E-state index in [-0.39, 0.29) is 0 Å². The molecule has 5 heteroatoms. The second-order valence-corrected chi connectivity index (χ2v) is 5.02. The summed E-state index contributed by atoms with van der Waals surface area (Å²) < 4.78 is 10.3. The molecule has 19 heavy (non-hydrogen) atoms. The predicted octanol–water partition coefficient (Wildman–Crippen LogP) is 3.67. The molecule has 1 rings (SSSR count). The summed E-state index contributed by atoms with van der Waals surface area (Å²) in [5, 5.41) is 0. The number of methoxy groups -OCH3 is 1. The van der Waals surface area contributed by atoms with Gasteiger partial charge in [0, 0.05) is 31.2 Å². The van der Waals surface area contributed by atoms with E-state index in [1.165, 1.54) is 16.9 Å². The average molecular weight is 283 g/mol. The van der Waals surface area contributed by atoms with Crippen LogP contribution in [-0.2, 0) is 9.47 Å². The van der Waals surface area contributed by atoms with Crippen LogP contribution < -0.4 is 4.90 Å². The van der Waals surface area contributed by atoms with Gasteiger partial charge in [0.2, 0.25) is 6.29 Å². The van der Waals surface area contributed by atoms with Crippen LogP contribution in [-0.4, -0.2) is 32.8 Å². The fraction of sp³-hybridized carbons (Fsp3) is 0.500. The number of hydrogen-bond acceptors (Lipinski definition) is 4. The van der Waals surface area contributed by atoms with Crippen LogP contribution in [0.25, 0.3) is 0 Å². The molecule has 1 unspecified atom stereocenters. The molecule has 0 fully saturated rings. The lowest BCUT2D eigenvalue weighted by atomic mass is 10.2. The van der Waals surface area contributed by atoms with Gasteiger partial charge in [-0.25, -0.2) is 4.79 Å². The lowest BCUT2D eigenvalue weighted by Crippen LogP contribution is -2.31. The van der Waals surface area contributed by atoms with E-state index >= 15 is 0 Å². The summed E-state index contributed by atoms with van der Waals surface area (Å²) in [5.41, 5.74) is 1.95. The third-order valence-electron chi connectivity index (χ3n) is 2.87. The molecular formula is C14H21NO3S. The van der Waals surface area contributed by atoms with Gasteiger partial charge in [0.05, 0.1) is 0 Å². The molecule has 0 aromatic heterocycles. The molecule has 1 amide bonds. The summed E-state index contributed by atoms with van der Waals surface area (Å²) in [5.74, 6) is 0. The van der Waals surface area contributed by atoms with Gasteiger partial charge in [-0.15, -0.1) is 11.8 Å². The Balaban J connectivity index is 2.79. The van der Waals surface area contributed by atoms with Crippen molar-refractivity contribution in [2.45, 2.75) is 31.5 Å². The van der Waals surface area contributed by atoms with Crippen LogP contribution >= 0.6 is 11.8 Å². The smallest absolute Gasteiger partial charge is 0.416 e. The summed E-state index contributed by atoms with van der Waals surface area (Å²) in [6.45, 7) is 3.93. The van der Waals surface area contributed by atoms with Crippen molar-refractivity contribution in [1.29, 1.82) is 0 Å². The van der Waals surface area contributed by atoms with Crippen molar-refractivity contribution < 1.29 is 14.3 Å². The largest absolute Gasteiger partial charge is 0.419 e. The van der Waals surface area contributed by atoms with Gasteiger partial charge in [-0.3, -0.25) is 4.90 Å². The van der Waals surface area contributed by atoms with Crippen molar-refractivity contribution in [3.8, 4) is 0 Å². The third kappa shape index (κ3) is 4.14. The van der Waals surface area contributed by atoms with E-state index in [0.29, 0.717) is 6.42 Å². The first kappa shape index (κ1) is 15.9. The number of aryl methyl sites for hydroxylation is 1. The van der Waals surface area contributed by atoms with Gasteiger partial charge >= 0.3 is 6.09 Å². The molecule has 4 nitrogen and oxygen atoms in total. The van der Waals surface area contributed by atoms with Crippen molar-refractivity contribution >= 4 is 23.5 Å². The molecule has 0 heterocycles. The van der Waals surface area contributed by atoms with Gasteiger partial charge in [0.25, 0.3) is 0 Å². The molecule has 1 aromatic carbocycles. The van der Waals surface area contributed by atoms with Crippen LogP contribution in [0.5, 0.6) is 0 Å². The van der Waals surface area contributed by atoms with Crippen LogP contribution in [0.4, 0.5) is 10.5 Å². The first-order chi connectivity index (χ1) is 9.03. The Kier molecular flexibility index (Phi) is 6.18. The minimum atomic E-state index is -0.499. The number of amides is 1. The van der Waals surface area contributed by atoms with Crippen LogP contribution in [0.1, 0.15) is 18.9 Å². The number of rotatable bonds is 5. The standard InChI is InChI=1S/C14H21NO3S/c1-6-13(17-4)18-14(16)15(3)11-7-8-12(19-5)10(2)9-11/h7-9,13H,6H2,1-5H3. The predicted molar refractivity (Wildman–Crippen MR) is 78.9 cm³/mol. The second-order valence-electron chi connectivity index (χ2n) is 4.17. The fourth-order valence-electron chi connectivity index (χ4n) is 1.67. The number of nitrogens with zero attached hydrogens (tertiary/aromatic N) is 1. The molecule has 0 saturated carbocycles. The van der Waals surface area contributed by atoms with Gasteiger partial charge in [0.15, 0.2) is 0 Å². The first-order valence-electron chi connectivity index (χ1n) is 6.15. The SMILES string of the molecule is CCC(OC)OC(=O)N(C)c1ccc(SC)c(C)c1. The monoisotopic (exact) mass is 283 g/mol. The highest BCUT2D eigenvalue weighted by molar-refractivity contribution is 7.98. The number of ether oxygens (including phenoxy) is 2. The van der Waals surface area contributed by atoms with E-state index in [9.17, 15) is 4.79 Å². The lowest BCUT2D eigenvalue weighted by molar-refractivity contribution is -0.0799. The maximum absolute atomic E-state index is 12.0. The van der Waals surface area contributed by atoms with E-state index in [4.69, 9.17) is 9.47 Å². The molecule has 0 aliphatic rings. The van der Waals surface area contributed by atoms with E-state index < -0.39 is 12.4 Å². The summed E-state index contributed by atoms with van der Waals surface area (Å²) in [6.07, 6.45) is 1.75. The highest BCUT2D eigenvalue weighted by atomic mass is 32.2. The number of anilines is 1. The molecule has 0 aliphatic heterocycles. The van der Waals surface area contributed by atoms with Gasteiger partial charge in [-0.1, -0.05) is 6.92 Å². The van der Waals surface area contributed by atoms with Crippen LogP contribution in [0.2, 0.25) is 0 Å². The Morgan fingerprint density at radius 3 is 2.63 bits per heavy atom. The minimum absolute atomic E-state index is 0.412. The third-order valence-corrected chi connectivity index (χ3v) is 3.77. The van der Waals surface area contributed by atoms with Crippen molar-refractivity contribution in [1.82, 2.24) is 0 Å². The van der Waals surface area contributed by atoms with Crippen molar-refractivity contribution in [3.05, 3.63) is 23.8 Å². The quantitative estimate of drug-likeness (QED) is 0.610. The highest BCUT2D eigenvalue weighted by Gasteiger charge is 2.17. The number of benzene rings is 1. The maximum Gasteiger partial charge on any atom is 0.416 e. The molecule has 0 spiro atoms. The van der Waals surface area contributed by atoms with E-state index in [1.54, 1.807) is 18.8 Å². The number of carbonyl (C=O) groups is 1. The summed E-state index contributed by atoms with van der Waals surface area (Å²) in [7, 11) is 3.22. The Morgan fingerprint density at radius 1 is 1.47 bits per heavy atom. The normalized spacial score (nSPS) is 12.1. The molecule has 0 N–H and O–H groups in total. The summed E-state index contributed by atoms with van der Waals surface area (Å²) in [4.78, 5) is 14.6. The van der Waals surface area contributed by atoms with Gasteiger partial charge < -0.3 is 9.47 Å². The number of thioether (sulfide) groups is 1. The van der Waals surface area contributed by atoms with Gasteiger partial charge in [0.1, 0.15) is 0 Å².